The molecule has 0 aliphatic carbocycles. The van der Waals surface area contributed by atoms with Gasteiger partial charge in [-0.05, 0) is 36.8 Å². The highest BCUT2D eigenvalue weighted by molar-refractivity contribution is 5.94. The third-order valence-electron chi connectivity index (χ3n) is 4.75. The molecular formula is C20H18N4O3. The minimum atomic E-state index is -0.409. The number of pyridine rings is 1. The first-order valence-corrected chi connectivity index (χ1v) is 8.76. The molecule has 7 nitrogen and oxygen atoms in total. The first-order valence-electron chi connectivity index (χ1n) is 8.76. The number of non-ortho nitro benzene ring substituents is 1. The number of rotatable bonds is 4. The third kappa shape index (κ3) is 3.57. The molecule has 0 saturated carbocycles. The van der Waals surface area contributed by atoms with Crippen LogP contribution in [-0.4, -0.2) is 34.9 Å². The van der Waals surface area contributed by atoms with E-state index in [4.69, 9.17) is 0 Å². The van der Waals surface area contributed by atoms with Gasteiger partial charge in [0.25, 0.3) is 11.6 Å². The normalized spacial score (nSPS) is 16.4. The summed E-state index contributed by atoms with van der Waals surface area (Å²) in [5.74, 6) is 0.744. The van der Waals surface area contributed by atoms with Crippen molar-refractivity contribution in [1.29, 1.82) is 0 Å². The number of hydrogen-bond acceptors (Lipinski definition) is 5. The molecule has 7 heteroatoms. The fourth-order valence-electron chi connectivity index (χ4n) is 3.34. The molecule has 1 aromatic heterocycles. The minimum absolute atomic E-state index is 0.0573. The molecule has 0 unspecified atom stereocenters. The van der Waals surface area contributed by atoms with Crippen LogP contribution in [0.5, 0.6) is 0 Å². The lowest BCUT2D eigenvalue weighted by atomic mass is 10.2. The Balaban J connectivity index is 1.46. The van der Waals surface area contributed by atoms with Crippen LogP contribution in [0.15, 0.2) is 60.7 Å². The number of fused-ring (bicyclic) bond motifs is 1. The number of nitro groups is 1. The second-order valence-electron chi connectivity index (χ2n) is 6.57. The van der Waals surface area contributed by atoms with Crippen LogP contribution in [-0.2, 0) is 0 Å². The lowest BCUT2D eigenvalue weighted by molar-refractivity contribution is -0.384. The number of nitrogens with zero attached hydrogens (tertiary/aromatic N) is 3. The molecule has 3 aromatic rings. The molecule has 0 spiro atoms. The van der Waals surface area contributed by atoms with Crippen LogP contribution in [0.25, 0.3) is 10.9 Å². The number of anilines is 1. The number of amides is 1. The van der Waals surface area contributed by atoms with E-state index in [0.717, 1.165) is 29.7 Å². The van der Waals surface area contributed by atoms with E-state index in [1.807, 2.05) is 30.3 Å². The van der Waals surface area contributed by atoms with Crippen LogP contribution in [0.1, 0.15) is 16.8 Å². The van der Waals surface area contributed by atoms with Gasteiger partial charge in [-0.1, -0.05) is 18.2 Å². The van der Waals surface area contributed by atoms with Gasteiger partial charge in [0, 0.05) is 42.2 Å². The molecule has 1 aliphatic heterocycles. The Kier molecular flexibility index (Phi) is 4.42. The number of benzene rings is 2. The van der Waals surface area contributed by atoms with Crippen LogP contribution >= 0.6 is 0 Å². The van der Waals surface area contributed by atoms with Crippen molar-refractivity contribution >= 4 is 28.3 Å². The summed E-state index contributed by atoms with van der Waals surface area (Å²) in [5, 5.41) is 14.7. The summed E-state index contributed by atoms with van der Waals surface area (Å²) in [6.45, 7) is 1.48. The van der Waals surface area contributed by atoms with E-state index in [1.54, 1.807) is 18.2 Å². The van der Waals surface area contributed by atoms with Crippen molar-refractivity contribution in [2.45, 2.75) is 12.5 Å². The molecule has 27 heavy (non-hydrogen) atoms. The van der Waals surface area contributed by atoms with Gasteiger partial charge in [0.15, 0.2) is 0 Å². The van der Waals surface area contributed by atoms with E-state index in [0.29, 0.717) is 12.1 Å². The number of nitro benzene ring substituents is 1. The van der Waals surface area contributed by atoms with E-state index in [-0.39, 0.29) is 17.6 Å². The molecule has 2 aromatic carbocycles. The van der Waals surface area contributed by atoms with Crippen molar-refractivity contribution in [3.8, 4) is 0 Å². The predicted molar refractivity (Wildman–Crippen MR) is 103 cm³/mol. The molecule has 1 N–H and O–H groups in total. The Labute approximate surface area is 155 Å². The predicted octanol–water partition coefficient (Wildman–Crippen LogP) is 3.15. The van der Waals surface area contributed by atoms with Gasteiger partial charge in [-0.15, -0.1) is 0 Å². The van der Waals surface area contributed by atoms with Crippen molar-refractivity contribution in [1.82, 2.24) is 10.3 Å². The van der Waals surface area contributed by atoms with Gasteiger partial charge in [0.2, 0.25) is 0 Å². The van der Waals surface area contributed by atoms with Gasteiger partial charge in [0.1, 0.15) is 5.82 Å². The van der Waals surface area contributed by atoms with Crippen molar-refractivity contribution in [2.24, 2.45) is 0 Å². The van der Waals surface area contributed by atoms with Crippen LogP contribution < -0.4 is 10.2 Å². The van der Waals surface area contributed by atoms with E-state index in [9.17, 15) is 14.9 Å². The van der Waals surface area contributed by atoms with Crippen molar-refractivity contribution in [3.05, 3.63) is 76.3 Å². The fraction of sp³-hybridized carbons (Fsp3) is 0.200. The molecule has 1 amide bonds. The largest absolute Gasteiger partial charge is 0.354 e. The van der Waals surface area contributed by atoms with Gasteiger partial charge in [-0.25, -0.2) is 4.98 Å². The Morgan fingerprint density at radius 1 is 1.15 bits per heavy atom. The number of carbonyl (C=O) groups is 1. The summed E-state index contributed by atoms with van der Waals surface area (Å²) in [5.41, 5.74) is 1.43. The smallest absolute Gasteiger partial charge is 0.270 e. The minimum Gasteiger partial charge on any atom is -0.354 e. The van der Waals surface area contributed by atoms with E-state index in [1.165, 1.54) is 12.1 Å². The van der Waals surface area contributed by atoms with Crippen molar-refractivity contribution < 1.29 is 9.72 Å². The molecule has 1 aliphatic rings. The first-order chi connectivity index (χ1) is 13.1. The number of carbonyl (C=O) groups excluding carboxylic acids is 1. The van der Waals surface area contributed by atoms with Gasteiger partial charge in [-0.2, -0.15) is 0 Å². The molecule has 0 bridgehead atoms. The molecule has 136 valence electrons. The Bertz CT molecular complexity index is 1010. The average Bonchev–Trinajstić information content (AvgIpc) is 3.16. The maximum atomic E-state index is 12.3. The quantitative estimate of drug-likeness (QED) is 0.569. The molecule has 1 atom stereocenters. The summed E-state index contributed by atoms with van der Waals surface area (Å²) in [6.07, 6.45) is 0.846. The summed E-state index contributed by atoms with van der Waals surface area (Å²) in [7, 11) is 0. The van der Waals surface area contributed by atoms with Crippen LogP contribution in [0.3, 0.4) is 0 Å². The standard InChI is InChI=1S/C20H18N4O3/c25-20(14-4-2-1-3-5-14)21-16-10-11-23(13-16)19-9-6-15-12-17(24(26)27)7-8-18(15)22-19/h1-9,12,16H,10-11,13H2,(H,21,25)/t16-/m0/s1. The van der Waals surface area contributed by atoms with E-state index in [2.05, 4.69) is 15.2 Å². The zero-order chi connectivity index (χ0) is 18.8. The Morgan fingerprint density at radius 3 is 2.74 bits per heavy atom. The maximum Gasteiger partial charge on any atom is 0.270 e. The van der Waals surface area contributed by atoms with Gasteiger partial charge < -0.3 is 10.2 Å². The third-order valence-corrected chi connectivity index (χ3v) is 4.75. The van der Waals surface area contributed by atoms with Crippen LogP contribution in [0.2, 0.25) is 0 Å². The summed E-state index contributed by atoms with van der Waals surface area (Å²) in [4.78, 5) is 29.5. The van der Waals surface area contributed by atoms with E-state index >= 15 is 0 Å². The lowest BCUT2D eigenvalue weighted by Gasteiger charge is -2.18. The van der Waals surface area contributed by atoms with Crippen molar-refractivity contribution in [2.75, 3.05) is 18.0 Å². The Hall–Kier alpha value is -3.48. The first kappa shape index (κ1) is 17.0. The van der Waals surface area contributed by atoms with Gasteiger partial charge >= 0.3 is 0 Å². The highest BCUT2D eigenvalue weighted by Crippen LogP contribution is 2.24. The van der Waals surface area contributed by atoms with E-state index < -0.39 is 4.92 Å². The second-order valence-corrected chi connectivity index (χ2v) is 6.57. The zero-order valence-corrected chi connectivity index (χ0v) is 14.5. The SMILES string of the molecule is O=C(N[C@H]1CCN(c2ccc3cc([N+](=O)[O-])ccc3n2)C1)c1ccccc1. The molecule has 4 rings (SSSR count). The molecular weight excluding hydrogens is 344 g/mol. The monoisotopic (exact) mass is 362 g/mol. The Morgan fingerprint density at radius 2 is 1.96 bits per heavy atom. The second kappa shape index (κ2) is 7.03. The summed E-state index contributed by atoms with van der Waals surface area (Å²) >= 11 is 0. The molecule has 1 saturated heterocycles. The van der Waals surface area contributed by atoms with Gasteiger partial charge in [-0.3, -0.25) is 14.9 Å². The number of hydrogen-bond donors (Lipinski definition) is 1. The maximum absolute atomic E-state index is 12.3. The summed E-state index contributed by atoms with van der Waals surface area (Å²) in [6, 6.07) is 17.6. The highest BCUT2D eigenvalue weighted by Gasteiger charge is 2.25. The van der Waals surface area contributed by atoms with Crippen LogP contribution in [0.4, 0.5) is 11.5 Å². The number of aromatic nitrogens is 1. The average molecular weight is 362 g/mol. The van der Waals surface area contributed by atoms with Crippen LogP contribution in [0, 0.1) is 10.1 Å². The molecule has 1 fully saturated rings. The zero-order valence-electron chi connectivity index (χ0n) is 14.5. The fourth-order valence-corrected chi connectivity index (χ4v) is 3.34. The van der Waals surface area contributed by atoms with Gasteiger partial charge in [0.05, 0.1) is 10.4 Å². The lowest BCUT2D eigenvalue weighted by Crippen LogP contribution is -2.37. The molecule has 0 radical (unpaired) electrons. The molecule has 2 heterocycles. The van der Waals surface area contributed by atoms with Crippen molar-refractivity contribution in [3.63, 3.8) is 0 Å². The topological polar surface area (TPSA) is 88.4 Å². The summed E-state index contributed by atoms with van der Waals surface area (Å²) < 4.78 is 0. The highest BCUT2D eigenvalue weighted by atomic mass is 16.6. The number of nitrogens with one attached hydrogen (secondary N) is 1.